The molecule has 12 heteroatoms. The molecule has 2 aliphatic rings. The fourth-order valence-corrected chi connectivity index (χ4v) is 6.45. The molecule has 0 amide bonds. The number of anilines is 1. The van der Waals surface area contributed by atoms with Crippen LogP contribution < -0.4 is 14.2 Å². The Morgan fingerprint density at radius 2 is 1.94 bits per heavy atom. The highest BCUT2D eigenvalue weighted by Gasteiger charge is 2.24. The molecule has 2 aromatic heterocycles. The van der Waals surface area contributed by atoms with E-state index in [1.807, 2.05) is 18.2 Å². The number of aryl methyl sites for hydroxylation is 1. The van der Waals surface area contributed by atoms with E-state index in [1.54, 1.807) is 24.4 Å². The van der Waals surface area contributed by atoms with E-state index in [9.17, 15) is 8.42 Å². The second kappa shape index (κ2) is 10.3. The maximum Gasteiger partial charge on any atom is 0.274 e. The van der Waals surface area contributed by atoms with E-state index in [2.05, 4.69) is 25.8 Å². The second-order valence-electron chi connectivity index (χ2n) is 8.04. The number of nitrogens with one attached hydrogen (secondary N) is 1. The largest absolute Gasteiger partial charge is 0.454 e. The van der Waals surface area contributed by atoms with Gasteiger partial charge in [-0.1, -0.05) is 17.3 Å². The van der Waals surface area contributed by atoms with Crippen molar-refractivity contribution in [2.45, 2.75) is 36.7 Å². The molecule has 0 atom stereocenters. The number of aromatic nitrogens is 1. The highest BCUT2D eigenvalue weighted by molar-refractivity contribution is 9.10. The van der Waals surface area contributed by atoms with Crippen LogP contribution in [0.4, 0.5) is 5.88 Å². The van der Waals surface area contributed by atoms with Crippen LogP contribution in [-0.4, -0.2) is 39.7 Å². The van der Waals surface area contributed by atoms with E-state index in [0.29, 0.717) is 47.0 Å². The molecule has 4 heterocycles. The minimum Gasteiger partial charge on any atom is -0.454 e. The molecule has 0 unspecified atom stereocenters. The first-order valence-electron chi connectivity index (χ1n) is 10.9. The summed E-state index contributed by atoms with van der Waals surface area (Å²) < 4.78 is 56.9. The van der Waals surface area contributed by atoms with Crippen molar-refractivity contribution in [1.82, 2.24) is 5.16 Å². The van der Waals surface area contributed by atoms with Gasteiger partial charge in [-0.2, -0.15) is 0 Å². The third-order valence-corrected chi connectivity index (χ3v) is 9.42. The highest BCUT2D eigenvalue weighted by Crippen LogP contribution is 2.37. The first-order chi connectivity index (χ1) is 16.9. The van der Waals surface area contributed by atoms with Gasteiger partial charge in [0, 0.05) is 18.8 Å². The maximum atomic E-state index is 13.0. The first kappa shape index (κ1) is 24.3. The summed E-state index contributed by atoms with van der Waals surface area (Å²) in [5, 5.41) is 5.50. The van der Waals surface area contributed by atoms with Crippen LogP contribution in [0.2, 0.25) is 0 Å². The van der Waals surface area contributed by atoms with Gasteiger partial charge in [0.1, 0.15) is 8.68 Å². The number of benzene rings is 1. The van der Waals surface area contributed by atoms with Crippen molar-refractivity contribution in [3.05, 3.63) is 50.4 Å². The number of sulfonamides is 1. The summed E-state index contributed by atoms with van der Waals surface area (Å²) in [6.07, 6.45) is 5.49. The van der Waals surface area contributed by atoms with Gasteiger partial charge >= 0.3 is 0 Å². The molecule has 0 radical (unpaired) electrons. The van der Waals surface area contributed by atoms with Gasteiger partial charge < -0.3 is 23.5 Å². The number of hydrogen-bond acceptors (Lipinski definition) is 9. The van der Waals surface area contributed by atoms with E-state index in [-0.39, 0.29) is 23.0 Å². The molecular formula is C23H23BrN2O7S2. The molecular weight excluding hydrogens is 560 g/mol. The zero-order chi connectivity index (χ0) is 24.4. The quantitative estimate of drug-likeness (QED) is 0.386. The molecule has 0 aliphatic carbocycles. The molecule has 9 nitrogen and oxygen atoms in total. The van der Waals surface area contributed by atoms with Crippen molar-refractivity contribution in [1.29, 1.82) is 0 Å². The van der Waals surface area contributed by atoms with E-state index in [0.717, 1.165) is 35.3 Å². The van der Waals surface area contributed by atoms with Crippen LogP contribution in [0.3, 0.4) is 0 Å². The van der Waals surface area contributed by atoms with Crippen molar-refractivity contribution < 1.29 is 31.9 Å². The average Bonchev–Trinajstić information content (AvgIpc) is 3.59. The lowest BCUT2D eigenvalue weighted by Crippen LogP contribution is -2.23. The molecule has 1 N–H and O–H groups in total. The van der Waals surface area contributed by atoms with Gasteiger partial charge in [-0.25, -0.2) is 13.1 Å². The minimum atomic E-state index is -3.89. The van der Waals surface area contributed by atoms with Gasteiger partial charge in [0.2, 0.25) is 6.79 Å². The third kappa shape index (κ3) is 5.41. The molecule has 1 aromatic carbocycles. The van der Waals surface area contributed by atoms with E-state index < -0.39 is 10.0 Å². The molecule has 1 fully saturated rings. The first-order valence-corrected chi connectivity index (χ1v) is 14.1. The number of rotatable bonds is 8. The Morgan fingerprint density at radius 3 is 2.69 bits per heavy atom. The summed E-state index contributed by atoms with van der Waals surface area (Å²) in [7, 11) is -3.89. The Hall–Kier alpha value is -2.38. The van der Waals surface area contributed by atoms with E-state index in [1.165, 1.54) is 0 Å². The van der Waals surface area contributed by atoms with Gasteiger partial charge in [-0.05, 0) is 70.4 Å². The maximum absolute atomic E-state index is 13.0. The smallest absolute Gasteiger partial charge is 0.274 e. The van der Waals surface area contributed by atoms with Crippen molar-refractivity contribution >= 4 is 55.3 Å². The zero-order valence-electron chi connectivity index (χ0n) is 18.8. The van der Waals surface area contributed by atoms with Crippen LogP contribution in [0.5, 0.6) is 11.5 Å². The number of halogens is 1. The number of fused-ring (bicyclic) bond motifs is 1. The normalized spacial score (nSPS) is 16.3. The van der Waals surface area contributed by atoms with Gasteiger partial charge in [0.15, 0.2) is 11.5 Å². The standard InChI is InChI=1S/C23H23BrN2O7S2/c1-14-21(24)22(33-25-14)26-35(27,28)23-15(6-9-34-23)2-3-16-10-19-20(32-13-31-19)11-17(16)12-30-18-4-7-29-8-5-18/h2-3,6,9-11,18,26H,4-5,7-8,12-13H2,1H3/b3-2+. The summed E-state index contributed by atoms with van der Waals surface area (Å²) in [4.78, 5) is 0. The third-order valence-electron chi connectivity index (χ3n) is 5.64. The Bertz CT molecular complexity index is 1340. The summed E-state index contributed by atoms with van der Waals surface area (Å²) in [5.74, 6) is 1.35. The minimum absolute atomic E-state index is 0.0362. The van der Waals surface area contributed by atoms with Crippen LogP contribution in [0, 0.1) is 6.92 Å². The second-order valence-corrected chi connectivity index (χ2v) is 11.6. The lowest BCUT2D eigenvalue weighted by molar-refractivity contribution is -0.0391. The lowest BCUT2D eigenvalue weighted by atomic mass is 10.1. The van der Waals surface area contributed by atoms with Crippen LogP contribution >= 0.6 is 27.3 Å². The summed E-state index contributed by atoms with van der Waals surface area (Å²) >= 11 is 4.40. The number of nitrogens with zero attached hydrogens (tertiary/aromatic N) is 1. The Balaban J connectivity index is 1.39. The predicted octanol–water partition coefficient (Wildman–Crippen LogP) is 5.20. The van der Waals surface area contributed by atoms with Gasteiger partial charge in [-0.3, -0.25) is 0 Å². The number of hydrogen-bond donors (Lipinski definition) is 1. The Kier molecular flexibility index (Phi) is 7.17. The summed E-state index contributed by atoms with van der Waals surface area (Å²) in [5.41, 5.74) is 2.88. The molecule has 0 saturated carbocycles. The number of thiophene rings is 1. The van der Waals surface area contributed by atoms with Crippen molar-refractivity contribution in [2.75, 3.05) is 24.7 Å². The highest BCUT2D eigenvalue weighted by atomic mass is 79.9. The van der Waals surface area contributed by atoms with Crippen molar-refractivity contribution in [2.24, 2.45) is 0 Å². The molecule has 0 spiro atoms. The molecule has 35 heavy (non-hydrogen) atoms. The van der Waals surface area contributed by atoms with Crippen LogP contribution in [-0.2, 0) is 26.1 Å². The van der Waals surface area contributed by atoms with Crippen molar-refractivity contribution in [3.8, 4) is 11.5 Å². The fraction of sp³-hybridized carbons (Fsp3) is 0.348. The predicted molar refractivity (Wildman–Crippen MR) is 134 cm³/mol. The Labute approximate surface area is 215 Å². The molecule has 186 valence electrons. The van der Waals surface area contributed by atoms with E-state index in [4.69, 9.17) is 23.5 Å². The summed E-state index contributed by atoms with van der Waals surface area (Å²) in [6.45, 7) is 3.67. The molecule has 3 aromatic rings. The molecule has 5 rings (SSSR count). The molecule has 0 bridgehead atoms. The fourth-order valence-electron chi connectivity index (χ4n) is 3.75. The average molecular weight is 583 g/mol. The topological polar surface area (TPSA) is 109 Å². The lowest BCUT2D eigenvalue weighted by Gasteiger charge is -2.22. The van der Waals surface area contributed by atoms with Gasteiger partial charge in [0.25, 0.3) is 15.9 Å². The van der Waals surface area contributed by atoms with Crippen LogP contribution in [0.1, 0.15) is 35.2 Å². The van der Waals surface area contributed by atoms with Gasteiger partial charge in [-0.15, -0.1) is 11.3 Å². The van der Waals surface area contributed by atoms with Crippen LogP contribution in [0.25, 0.3) is 12.2 Å². The Morgan fingerprint density at radius 1 is 1.20 bits per heavy atom. The number of ether oxygens (including phenoxy) is 4. The molecule has 1 saturated heterocycles. The zero-order valence-corrected chi connectivity index (χ0v) is 22.0. The molecule has 2 aliphatic heterocycles. The SMILES string of the molecule is Cc1noc(NS(=O)(=O)c2sccc2/C=C/c2cc3c(cc2COC2CCOCC2)OCO3)c1Br. The monoisotopic (exact) mass is 582 g/mol. The van der Waals surface area contributed by atoms with Crippen LogP contribution in [0.15, 0.2) is 36.8 Å². The van der Waals surface area contributed by atoms with E-state index >= 15 is 0 Å². The summed E-state index contributed by atoms with van der Waals surface area (Å²) in [6, 6.07) is 5.55. The van der Waals surface area contributed by atoms with Gasteiger partial charge in [0.05, 0.1) is 18.4 Å². The van der Waals surface area contributed by atoms with Crippen molar-refractivity contribution in [3.63, 3.8) is 0 Å².